The summed E-state index contributed by atoms with van der Waals surface area (Å²) in [5.74, 6) is 1.92. The van der Waals surface area contributed by atoms with Crippen LogP contribution in [0, 0.1) is 0 Å². The summed E-state index contributed by atoms with van der Waals surface area (Å²) in [5, 5.41) is 0. The van der Waals surface area contributed by atoms with E-state index in [1.54, 1.807) is 14.2 Å². The molecule has 154 valence electrons. The molecule has 0 aromatic heterocycles. The maximum absolute atomic E-state index is 13.2. The van der Waals surface area contributed by atoms with Gasteiger partial charge in [-0.1, -0.05) is 54.6 Å². The van der Waals surface area contributed by atoms with Crippen molar-refractivity contribution in [2.45, 2.75) is 25.3 Å². The molecule has 0 radical (unpaired) electrons. The van der Waals surface area contributed by atoms with Crippen LogP contribution < -0.4 is 9.47 Å². The average Bonchev–Trinajstić information content (AvgIpc) is 2.82. The van der Waals surface area contributed by atoms with E-state index in [9.17, 15) is 4.79 Å². The fraction of sp³-hybridized carbons (Fsp3) is 0.269. The minimum absolute atomic E-state index is 0.162. The molecule has 1 aliphatic rings. The van der Waals surface area contributed by atoms with Gasteiger partial charge in [-0.3, -0.25) is 4.79 Å². The normalized spacial score (nSPS) is 15.4. The zero-order chi connectivity index (χ0) is 20.9. The third-order valence-electron chi connectivity index (χ3n) is 5.85. The van der Waals surface area contributed by atoms with Gasteiger partial charge < -0.3 is 14.4 Å². The Hall–Kier alpha value is -3.27. The number of methoxy groups -OCH3 is 2. The molecule has 4 heteroatoms. The summed E-state index contributed by atoms with van der Waals surface area (Å²) in [7, 11) is 3.30. The third-order valence-corrected chi connectivity index (χ3v) is 5.85. The van der Waals surface area contributed by atoms with Gasteiger partial charge >= 0.3 is 0 Å². The number of amides is 1. The van der Waals surface area contributed by atoms with Crippen molar-refractivity contribution >= 4 is 5.91 Å². The van der Waals surface area contributed by atoms with Gasteiger partial charge in [-0.2, -0.15) is 0 Å². The minimum atomic E-state index is 0.162. The van der Waals surface area contributed by atoms with E-state index < -0.39 is 0 Å². The van der Waals surface area contributed by atoms with Crippen LogP contribution >= 0.6 is 0 Å². The SMILES string of the molecule is COc1ccc(OC)c(CCC(=O)N2Cc3ccccc3[C@H](c3ccccc3)C2)c1. The molecule has 0 N–H and O–H groups in total. The summed E-state index contributed by atoms with van der Waals surface area (Å²) in [6.07, 6.45) is 1.06. The lowest BCUT2D eigenvalue weighted by molar-refractivity contribution is -0.132. The number of benzene rings is 3. The lowest BCUT2D eigenvalue weighted by atomic mass is 9.84. The largest absolute Gasteiger partial charge is 0.497 e. The zero-order valence-electron chi connectivity index (χ0n) is 17.5. The highest BCUT2D eigenvalue weighted by Crippen LogP contribution is 2.34. The first-order valence-electron chi connectivity index (χ1n) is 10.3. The maximum Gasteiger partial charge on any atom is 0.223 e. The fourth-order valence-corrected chi connectivity index (χ4v) is 4.24. The van der Waals surface area contributed by atoms with Crippen LogP contribution in [0.5, 0.6) is 11.5 Å². The Kier molecular flexibility index (Phi) is 6.03. The quantitative estimate of drug-likeness (QED) is 0.595. The van der Waals surface area contributed by atoms with Gasteiger partial charge in [-0.15, -0.1) is 0 Å². The van der Waals surface area contributed by atoms with Crippen molar-refractivity contribution in [3.63, 3.8) is 0 Å². The Morgan fingerprint density at radius 1 is 0.967 bits per heavy atom. The molecule has 1 heterocycles. The van der Waals surface area contributed by atoms with E-state index >= 15 is 0 Å². The molecule has 3 aromatic carbocycles. The standard InChI is InChI=1S/C26H27NO3/c1-29-22-13-14-25(30-2)20(16-22)12-15-26(28)27-17-21-10-6-7-11-23(21)24(18-27)19-8-4-3-5-9-19/h3-11,13-14,16,24H,12,15,17-18H2,1-2H3/t24-/m0/s1. The molecule has 30 heavy (non-hydrogen) atoms. The molecule has 0 fully saturated rings. The van der Waals surface area contributed by atoms with Crippen LogP contribution in [0.3, 0.4) is 0 Å². The monoisotopic (exact) mass is 401 g/mol. The predicted molar refractivity (Wildman–Crippen MR) is 118 cm³/mol. The van der Waals surface area contributed by atoms with Crippen molar-refractivity contribution in [2.75, 3.05) is 20.8 Å². The lowest BCUT2D eigenvalue weighted by Gasteiger charge is -2.35. The first-order valence-corrected chi connectivity index (χ1v) is 10.3. The Balaban J connectivity index is 1.53. The van der Waals surface area contributed by atoms with Gasteiger partial charge in [0, 0.05) is 25.4 Å². The predicted octanol–water partition coefficient (Wildman–Crippen LogP) is 4.81. The zero-order valence-corrected chi connectivity index (χ0v) is 17.5. The van der Waals surface area contributed by atoms with Gasteiger partial charge in [-0.05, 0) is 46.9 Å². The molecule has 1 atom stereocenters. The fourth-order valence-electron chi connectivity index (χ4n) is 4.24. The second kappa shape index (κ2) is 9.04. The Bertz CT molecular complexity index is 1020. The first kappa shape index (κ1) is 20.0. The van der Waals surface area contributed by atoms with Crippen LogP contribution in [0.1, 0.15) is 34.6 Å². The van der Waals surface area contributed by atoms with Crippen LogP contribution in [-0.2, 0) is 17.8 Å². The average molecular weight is 402 g/mol. The van der Waals surface area contributed by atoms with E-state index in [0.717, 1.165) is 17.1 Å². The van der Waals surface area contributed by atoms with Crippen LogP contribution in [0.4, 0.5) is 0 Å². The number of fused-ring (bicyclic) bond motifs is 1. The van der Waals surface area contributed by atoms with Gasteiger partial charge in [0.1, 0.15) is 11.5 Å². The number of ether oxygens (including phenoxy) is 2. The molecule has 0 aliphatic carbocycles. The molecule has 4 nitrogen and oxygen atoms in total. The van der Waals surface area contributed by atoms with Gasteiger partial charge in [0.2, 0.25) is 5.91 Å². The number of carbonyl (C=O) groups excluding carboxylic acids is 1. The first-order chi connectivity index (χ1) is 14.7. The van der Waals surface area contributed by atoms with Crippen LogP contribution in [0.15, 0.2) is 72.8 Å². The van der Waals surface area contributed by atoms with Crippen molar-refractivity contribution in [3.8, 4) is 11.5 Å². The van der Waals surface area contributed by atoms with E-state index in [1.807, 2.05) is 29.2 Å². The summed E-state index contributed by atoms with van der Waals surface area (Å²) >= 11 is 0. The smallest absolute Gasteiger partial charge is 0.223 e. The molecule has 0 unspecified atom stereocenters. The van der Waals surface area contributed by atoms with Crippen LogP contribution in [0.25, 0.3) is 0 Å². The van der Waals surface area contributed by atoms with E-state index in [0.29, 0.717) is 25.9 Å². The molecule has 4 rings (SSSR count). The van der Waals surface area contributed by atoms with E-state index in [1.165, 1.54) is 16.7 Å². The van der Waals surface area contributed by atoms with Crippen molar-refractivity contribution < 1.29 is 14.3 Å². The topological polar surface area (TPSA) is 38.8 Å². The summed E-state index contributed by atoms with van der Waals surface area (Å²) in [6, 6.07) is 24.6. The van der Waals surface area contributed by atoms with Crippen molar-refractivity contribution in [1.82, 2.24) is 4.90 Å². The molecular formula is C26H27NO3. The summed E-state index contributed by atoms with van der Waals surface area (Å²) in [5.41, 5.74) is 4.78. The Morgan fingerprint density at radius 3 is 2.50 bits per heavy atom. The molecule has 0 saturated carbocycles. The number of hydrogen-bond donors (Lipinski definition) is 0. The van der Waals surface area contributed by atoms with Gasteiger partial charge in [0.15, 0.2) is 0 Å². The van der Waals surface area contributed by atoms with Gasteiger partial charge in [-0.25, -0.2) is 0 Å². The lowest BCUT2D eigenvalue weighted by Crippen LogP contribution is -2.38. The summed E-state index contributed by atoms with van der Waals surface area (Å²) in [4.78, 5) is 15.2. The number of hydrogen-bond acceptors (Lipinski definition) is 3. The summed E-state index contributed by atoms with van der Waals surface area (Å²) < 4.78 is 10.8. The molecule has 0 saturated heterocycles. The molecule has 1 amide bonds. The highest BCUT2D eigenvalue weighted by molar-refractivity contribution is 5.77. The van der Waals surface area contributed by atoms with Crippen LogP contribution in [-0.4, -0.2) is 31.6 Å². The number of aryl methyl sites for hydroxylation is 1. The van der Waals surface area contributed by atoms with Crippen molar-refractivity contribution in [1.29, 1.82) is 0 Å². The maximum atomic E-state index is 13.2. The molecule has 0 spiro atoms. The van der Waals surface area contributed by atoms with Gasteiger partial charge in [0.25, 0.3) is 0 Å². The molecular weight excluding hydrogens is 374 g/mol. The van der Waals surface area contributed by atoms with Gasteiger partial charge in [0.05, 0.1) is 14.2 Å². The third kappa shape index (κ3) is 4.18. The minimum Gasteiger partial charge on any atom is -0.497 e. The summed E-state index contributed by atoms with van der Waals surface area (Å²) in [6.45, 7) is 1.36. The molecule has 3 aromatic rings. The van der Waals surface area contributed by atoms with E-state index in [-0.39, 0.29) is 11.8 Å². The van der Waals surface area contributed by atoms with Crippen LogP contribution in [0.2, 0.25) is 0 Å². The Labute approximate surface area is 178 Å². The molecule has 0 bridgehead atoms. The molecule has 1 aliphatic heterocycles. The van der Waals surface area contributed by atoms with Crippen molar-refractivity contribution in [2.24, 2.45) is 0 Å². The van der Waals surface area contributed by atoms with Crippen molar-refractivity contribution in [3.05, 3.63) is 95.1 Å². The second-order valence-corrected chi connectivity index (χ2v) is 7.61. The van der Waals surface area contributed by atoms with E-state index in [4.69, 9.17) is 9.47 Å². The van der Waals surface area contributed by atoms with E-state index in [2.05, 4.69) is 48.5 Å². The highest BCUT2D eigenvalue weighted by atomic mass is 16.5. The number of carbonyl (C=O) groups is 1. The number of nitrogens with zero attached hydrogens (tertiary/aromatic N) is 1. The Morgan fingerprint density at radius 2 is 1.73 bits per heavy atom. The highest BCUT2D eigenvalue weighted by Gasteiger charge is 2.28. The number of rotatable bonds is 6. The second-order valence-electron chi connectivity index (χ2n) is 7.61.